The Hall–Kier alpha value is -4.70. The second-order valence-electron chi connectivity index (χ2n) is 8.34. The number of non-ortho nitro benzene ring substituents is 1. The van der Waals surface area contributed by atoms with Crippen LogP contribution in [0.5, 0.6) is 23.0 Å². The normalized spacial score (nSPS) is 10.6. The molecule has 0 aliphatic heterocycles. The van der Waals surface area contributed by atoms with E-state index >= 15 is 0 Å². The number of nitro benzene ring substituents is 1. The SMILES string of the molecule is CCOc1ccc(COc2ccc(NC(=O)c3ccc(COc4ccc([N+](=O)[O-])cc4Cl)o3)cc2)cc1OCC. The van der Waals surface area contributed by atoms with Crippen LogP contribution in [0.1, 0.15) is 35.7 Å². The van der Waals surface area contributed by atoms with Crippen LogP contribution in [0.15, 0.2) is 77.2 Å². The number of nitrogens with zero attached hydrogens (tertiary/aromatic N) is 1. The number of amides is 1. The predicted octanol–water partition coefficient (Wildman–Crippen LogP) is 7.05. The Morgan fingerprint density at radius 1 is 0.850 bits per heavy atom. The first-order valence-corrected chi connectivity index (χ1v) is 12.8. The molecule has 1 N–H and O–H groups in total. The van der Waals surface area contributed by atoms with Crippen LogP contribution in [0.3, 0.4) is 0 Å². The van der Waals surface area contributed by atoms with Gasteiger partial charge in [0.1, 0.15) is 30.5 Å². The molecule has 0 fully saturated rings. The summed E-state index contributed by atoms with van der Waals surface area (Å²) < 4.78 is 28.3. The van der Waals surface area contributed by atoms with Crippen molar-refractivity contribution in [2.45, 2.75) is 27.1 Å². The quantitative estimate of drug-likeness (QED) is 0.135. The van der Waals surface area contributed by atoms with Crippen molar-refractivity contribution in [2.24, 2.45) is 0 Å². The highest BCUT2D eigenvalue weighted by atomic mass is 35.5. The van der Waals surface area contributed by atoms with Crippen molar-refractivity contribution in [3.63, 3.8) is 0 Å². The second kappa shape index (κ2) is 13.4. The van der Waals surface area contributed by atoms with E-state index in [2.05, 4.69) is 5.32 Å². The van der Waals surface area contributed by atoms with Gasteiger partial charge in [-0.25, -0.2) is 0 Å². The smallest absolute Gasteiger partial charge is 0.291 e. The van der Waals surface area contributed by atoms with Crippen LogP contribution in [0.2, 0.25) is 5.02 Å². The zero-order valence-electron chi connectivity index (χ0n) is 21.8. The summed E-state index contributed by atoms with van der Waals surface area (Å²) in [5.41, 5.74) is 1.35. The molecule has 4 aromatic rings. The summed E-state index contributed by atoms with van der Waals surface area (Å²) in [6, 6.07) is 19.6. The molecular weight excluding hydrogens is 540 g/mol. The number of rotatable bonds is 13. The molecule has 3 aromatic carbocycles. The van der Waals surface area contributed by atoms with Crippen molar-refractivity contribution in [1.82, 2.24) is 0 Å². The number of nitro groups is 1. The maximum absolute atomic E-state index is 12.6. The first-order valence-electron chi connectivity index (χ1n) is 12.4. The number of anilines is 1. The lowest BCUT2D eigenvalue weighted by atomic mass is 10.2. The summed E-state index contributed by atoms with van der Waals surface area (Å²) in [5, 5.41) is 13.7. The van der Waals surface area contributed by atoms with Gasteiger partial charge in [0.25, 0.3) is 11.6 Å². The number of carbonyl (C=O) groups excluding carboxylic acids is 1. The fourth-order valence-electron chi connectivity index (χ4n) is 3.63. The molecule has 10 nitrogen and oxygen atoms in total. The van der Waals surface area contributed by atoms with Crippen molar-refractivity contribution in [1.29, 1.82) is 0 Å². The van der Waals surface area contributed by atoms with Gasteiger partial charge in [0.2, 0.25) is 0 Å². The molecule has 11 heteroatoms. The third-order valence-electron chi connectivity index (χ3n) is 5.51. The van der Waals surface area contributed by atoms with Crippen LogP contribution >= 0.6 is 11.6 Å². The van der Waals surface area contributed by atoms with Crippen molar-refractivity contribution in [2.75, 3.05) is 18.5 Å². The van der Waals surface area contributed by atoms with Gasteiger partial charge < -0.3 is 28.7 Å². The van der Waals surface area contributed by atoms with E-state index in [4.69, 9.17) is 35.0 Å². The number of halogens is 1. The van der Waals surface area contributed by atoms with E-state index in [1.165, 1.54) is 24.3 Å². The van der Waals surface area contributed by atoms with Gasteiger partial charge in [0.15, 0.2) is 17.3 Å². The molecule has 0 saturated heterocycles. The van der Waals surface area contributed by atoms with Gasteiger partial charge in [-0.3, -0.25) is 14.9 Å². The molecule has 0 aliphatic carbocycles. The third kappa shape index (κ3) is 7.45. The fraction of sp³-hybridized carbons (Fsp3) is 0.207. The van der Waals surface area contributed by atoms with Crippen LogP contribution in [-0.4, -0.2) is 24.0 Å². The Morgan fingerprint density at radius 2 is 1.57 bits per heavy atom. The van der Waals surface area contributed by atoms with Crippen molar-refractivity contribution >= 4 is 28.9 Å². The largest absolute Gasteiger partial charge is 0.490 e. The summed E-state index contributed by atoms with van der Waals surface area (Å²) in [6.07, 6.45) is 0. The van der Waals surface area contributed by atoms with E-state index in [0.717, 1.165) is 5.56 Å². The Labute approximate surface area is 235 Å². The predicted molar refractivity (Wildman–Crippen MR) is 149 cm³/mol. The molecule has 4 rings (SSSR count). The molecular formula is C29H27ClN2O8. The summed E-state index contributed by atoms with van der Waals surface area (Å²) in [4.78, 5) is 22.9. The van der Waals surface area contributed by atoms with Gasteiger partial charge in [0, 0.05) is 17.8 Å². The zero-order valence-corrected chi connectivity index (χ0v) is 22.6. The molecule has 1 amide bonds. The van der Waals surface area contributed by atoms with E-state index in [1.54, 1.807) is 30.3 Å². The second-order valence-corrected chi connectivity index (χ2v) is 8.75. The standard InChI is InChI=1S/C29H27ClN2O8/c1-3-36-26-12-5-19(15-28(26)37-4-2)17-38-22-9-6-20(7-10-22)31-29(33)27-14-11-23(40-27)18-39-25-13-8-21(32(34)35)16-24(25)30/h5-16H,3-4,17-18H2,1-2H3,(H,31,33). The lowest BCUT2D eigenvalue weighted by Crippen LogP contribution is -2.10. The van der Waals surface area contributed by atoms with Gasteiger partial charge in [-0.05, 0) is 74.0 Å². The van der Waals surface area contributed by atoms with Crippen LogP contribution < -0.4 is 24.3 Å². The molecule has 208 valence electrons. The number of ether oxygens (including phenoxy) is 4. The number of benzene rings is 3. The van der Waals surface area contributed by atoms with Crippen LogP contribution in [-0.2, 0) is 13.2 Å². The Kier molecular flexibility index (Phi) is 9.48. The Balaban J connectivity index is 1.29. The third-order valence-corrected chi connectivity index (χ3v) is 5.80. The number of carbonyl (C=O) groups is 1. The molecule has 0 spiro atoms. The minimum absolute atomic E-state index is 0.0166. The first-order chi connectivity index (χ1) is 19.4. The molecule has 0 aliphatic rings. The van der Waals surface area contributed by atoms with Gasteiger partial charge in [-0.2, -0.15) is 0 Å². The molecule has 1 aromatic heterocycles. The molecule has 0 bridgehead atoms. The number of hydrogen-bond acceptors (Lipinski definition) is 8. The molecule has 0 radical (unpaired) electrons. The highest BCUT2D eigenvalue weighted by Gasteiger charge is 2.14. The summed E-state index contributed by atoms with van der Waals surface area (Å²) in [5.74, 6) is 2.29. The van der Waals surface area contributed by atoms with Crippen molar-refractivity contribution < 1.29 is 33.1 Å². The van der Waals surface area contributed by atoms with Gasteiger partial charge >= 0.3 is 0 Å². The first kappa shape index (κ1) is 28.3. The topological polar surface area (TPSA) is 122 Å². The number of furan rings is 1. The monoisotopic (exact) mass is 566 g/mol. The number of nitrogens with one attached hydrogen (secondary N) is 1. The Bertz CT molecular complexity index is 1470. The molecule has 0 saturated carbocycles. The van der Waals surface area contributed by atoms with Gasteiger partial charge in [-0.1, -0.05) is 17.7 Å². The highest BCUT2D eigenvalue weighted by Crippen LogP contribution is 2.30. The van der Waals surface area contributed by atoms with Crippen molar-refractivity contribution in [3.8, 4) is 23.0 Å². The van der Waals surface area contributed by atoms with Gasteiger partial charge in [0.05, 0.1) is 23.2 Å². The maximum Gasteiger partial charge on any atom is 0.291 e. The molecule has 1 heterocycles. The van der Waals surface area contributed by atoms with E-state index < -0.39 is 10.8 Å². The average Bonchev–Trinajstić information content (AvgIpc) is 3.43. The number of hydrogen-bond donors (Lipinski definition) is 1. The van der Waals surface area contributed by atoms with E-state index in [1.807, 2.05) is 32.0 Å². The summed E-state index contributed by atoms with van der Waals surface area (Å²) in [7, 11) is 0. The lowest BCUT2D eigenvalue weighted by molar-refractivity contribution is -0.384. The summed E-state index contributed by atoms with van der Waals surface area (Å²) in [6.45, 7) is 5.23. The molecule has 0 unspecified atom stereocenters. The maximum atomic E-state index is 12.6. The Morgan fingerprint density at radius 3 is 2.27 bits per heavy atom. The van der Waals surface area contributed by atoms with Gasteiger partial charge in [-0.15, -0.1) is 0 Å². The fourth-order valence-corrected chi connectivity index (χ4v) is 3.86. The average molecular weight is 567 g/mol. The van der Waals surface area contributed by atoms with Crippen LogP contribution in [0, 0.1) is 10.1 Å². The zero-order chi connectivity index (χ0) is 28.5. The van der Waals surface area contributed by atoms with E-state index in [0.29, 0.717) is 48.5 Å². The van der Waals surface area contributed by atoms with E-state index in [9.17, 15) is 14.9 Å². The highest BCUT2D eigenvalue weighted by molar-refractivity contribution is 6.32. The van der Waals surface area contributed by atoms with Crippen molar-refractivity contribution in [3.05, 3.63) is 105 Å². The van der Waals surface area contributed by atoms with Crippen LogP contribution in [0.25, 0.3) is 0 Å². The van der Waals surface area contributed by atoms with Crippen LogP contribution in [0.4, 0.5) is 11.4 Å². The molecule has 0 atom stereocenters. The van der Waals surface area contributed by atoms with E-state index in [-0.39, 0.29) is 28.8 Å². The summed E-state index contributed by atoms with van der Waals surface area (Å²) >= 11 is 6.04. The minimum atomic E-state index is -0.546. The molecule has 40 heavy (non-hydrogen) atoms. The minimum Gasteiger partial charge on any atom is -0.490 e. The lowest BCUT2D eigenvalue weighted by Gasteiger charge is -2.13.